The Morgan fingerprint density at radius 2 is 1.85 bits per heavy atom. The molecule has 144 valence electrons. The molecule has 0 radical (unpaired) electrons. The Kier molecular flexibility index (Phi) is 6.19. The third-order valence-electron chi connectivity index (χ3n) is 4.88. The van der Waals surface area contributed by atoms with Crippen LogP contribution in [-0.2, 0) is 4.74 Å². The molecule has 27 heavy (non-hydrogen) atoms. The van der Waals surface area contributed by atoms with Crippen LogP contribution in [0.1, 0.15) is 17.3 Å². The van der Waals surface area contributed by atoms with Crippen LogP contribution < -0.4 is 16.0 Å². The van der Waals surface area contributed by atoms with Crippen molar-refractivity contribution in [2.75, 3.05) is 55.8 Å². The first-order chi connectivity index (χ1) is 13.1. The number of benzene rings is 2. The highest BCUT2D eigenvalue weighted by atomic mass is 16.5. The highest BCUT2D eigenvalue weighted by Crippen LogP contribution is 2.21. The number of rotatable bonds is 6. The summed E-state index contributed by atoms with van der Waals surface area (Å²) in [6.45, 7) is 7.12. The van der Waals surface area contributed by atoms with E-state index in [9.17, 15) is 4.79 Å². The molecule has 3 rings (SSSR count). The fraction of sp³-hybridized carbons (Fsp3) is 0.381. The maximum absolute atomic E-state index is 12.0. The maximum atomic E-state index is 12.0. The molecular formula is C21H28N4O2. The van der Waals surface area contributed by atoms with Gasteiger partial charge in [-0.25, -0.2) is 4.79 Å². The number of methoxy groups -OCH3 is 1. The number of piperazine rings is 1. The fourth-order valence-electron chi connectivity index (χ4n) is 3.49. The lowest BCUT2D eigenvalue weighted by Crippen LogP contribution is -2.49. The van der Waals surface area contributed by atoms with Crippen LogP contribution in [0.2, 0.25) is 0 Å². The molecule has 0 spiro atoms. The normalized spacial score (nSPS) is 16.0. The first kappa shape index (κ1) is 19.0. The Labute approximate surface area is 160 Å². The van der Waals surface area contributed by atoms with Gasteiger partial charge in [0.25, 0.3) is 0 Å². The number of nitrogens with one attached hydrogen (secondary N) is 1. The molecule has 0 aliphatic carbocycles. The van der Waals surface area contributed by atoms with Gasteiger partial charge in [-0.3, -0.25) is 4.90 Å². The van der Waals surface area contributed by atoms with E-state index in [1.807, 2.05) is 12.1 Å². The molecule has 0 saturated carbocycles. The first-order valence-electron chi connectivity index (χ1n) is 9.33. The van der Waals surface area contributed by atoms with Crippen molar-refractivity contribution in [1.29, 1.82) is 0 Å². The molecule has 1 fully saturated rings. The third kappa shape index (κ3) is 4.92. The molecule has 1 saturated heterocycles. The lowest BCUT2D eigenvalue weighted by molar-refractivity contribution is 0.0602. The number of carbonyl (C=O) groups excluding carboxylic acids is 1. The van der Waals surface area contributed by atoms with Gasteiger partial charge in [0, 0.05) is 55.8 Å². The molecule has 6 nitrogen and oxygen atoms in total. The van der Waals surface area contributed by atoms with E-state index in [1.54, 1.807) is 12.1 Å². The number of hydrogen-bond acceptors (Lipinski definition) is 6. The minimum atomic E-state index is -0.381. The highest BCUT2D eigenvalue weighted by Gasteiger charge is 2.20. The van der Waals surface area contributed by atoms with Crippen molar-refractivity contribution in [1.82, 2.24) is 4.90 Å². The van der Waals surface area contributed by atoms with Crippen molar-refractivity contribution in [2.24, 2.45) is 0 Å². The summed E-state index contributed by atoms with van der Waals surface area (Å²) >= 11 is 0. The highest BCUT2D eigenvalue weighted by molar-refractivity contribution is 5.96. The Balaban J connectivity index is 1.55. The SMILES string of the molecule is COC(=O)c1cc(N)ccc1NC(C)CN1CCN(c2ccccc2)CC1. The zero-order valence-electron chi connectivity index (χ0n) is 16.0. The number of ether oxygens (including phenoxy) is 1. The molecule has 1 aliphatic rings. The van der Waals surface area contributed by atoms with Crippen molar-refractivity contribution in [3.8, 4) is 0 Å². The summed E-state index contributed by atoms with van der Waals surface area (Å²) in [5.74, 6) is -0.381. The molecule has 0 aromatic heterocycles. The van der Waals surface area contributed by atoms with E-state index in [2.05, 4.69) is 46.3 Å². The van der Waals surface area contributed by atoms with Crippen LogP contribution in [0.15, 0.2) is 48.5 Å². The van der Waals surface area contributed by atoms with Crippen molar-refractivity contribution < 1.29 is 9.53 Å². The first-order valence-corrected chi connectivity index (χ1v) is 9.33. The lowest BCUT2D eigenvalue weighted by Gasteiger charge is -2.37. The van der Waals surface area contributed by atoms with Crippen LogP contribution in [0.3, 0.4) is 0 Å². The van der Waals surface area contributed by atoms with Gasteiger partial charge in [0.15, 0.2) is 0 Å². The predicted octanol–water partition coefficient (Wildman–Crippen LogP) is 2.68. The quantitative estimate of drug-likeness (QED) is 0.603. The minimum absolute atomic E-state index is 0.195. The number of para-hydroxylation sites is 1. The van der Waals surface area contributed by atoms with Crippen LogP contribution in [-0.4, -0.2) is 56.7 Å². The van der Waals surface area contributed by atoms with Crippen LogP contribution in [0.25, 0.3) is 0 Å². The lowest BCUT2D eigenvalue weighted by atomic mass is 10.1. The van der Waals surface area contributed by atoms with E-state index in [1.165, 1.54) is 12.8 Å². The van der Waals surface area contributed by atoms with Gasteiger partial charge in [-0.1, -0.05) is 18.2 Å². The number of anilines is 3. The van der Waals surface area contributed by atoms with Gasteiger partial charge < -0.3 is 20.7 Å². The zero-order valence-corrected chi connectivity index (χ0v) is 16.0. The van der Waals surface area contributed by atoms with Crippen molar-refractivity contribution in [3.63, 3.8) is 0 Å². The van der Waals surface area contributed by atoms with Crippen molar-refractivity contribution in [3.05, 3.63) is 54.1 Å². The molecule has 0 amide bonds. The number of nitrogens with zero attached hydrogens (tertiary/aromatic N) is 2. The topological polar surface area (TPSA) is 70.8 Å². The molecule has 1 atom stereocenters. The number of nitrogens with two attached hydrogens (primary N) is 1. The Bertz CT molecular complexity index is 758. The Morgan fingerprint density at radius 1 is 1.15 bits per heavy atom. The number of esters is 1. The monoisotopic (exact) mass is 368 g/mol. The van der Waals surface area contributed by atoms with E-state index < -0.39 is 0 Å². The molecule has 2 aromatic carbocycles. The maximum Gasteiger partial charge on any atom is 0.340 e. The van der Waals surface area contributed by atoms with Crippen LogP contribution >= 0.6 is 0 Å². The molecule has 1 heterocycles. The molecule has 3 N–H and O–H groups in total. The predicted molar refractivity (Wildman–Crippen MR) is 110 cm³/mol. The average Bonchev–Trinajstić information content (AvgIpc) is 2.70. The minimum Gasteiger partial charge on any atom is -0.465 e. The smallest absolute Gasteiger partial charge is 0.340 e. The van der Waals surface area contributed by atoms with Gasteiger partial charge in [0.1, 0.15) is 0 Å². The molecule has 2 aromatic rings. The van der Waals surface area contributed by atoms with Crippen molar-refractivity contribution >= 4 is 23.0 Å². The summed E-state index contributed by atoms with van der Waals surface area (Å²) in [5.41, 5.74) is 8.87. The summed E-state index contributed by atoms with van der Waals surface area (Å²) in [6, 6.07) is 16.0. The summed E-state index contributed by atoms with van der Waals surface area (Å²) in [6.07, 6.45) is 0. The van der Waals surface area contributed by atoms with E-state index in [0.29, 0.717) is 11.3 Å². The van der Waals surface area contributed by atoms with Gasteiger partial charge in [-0.15, -0.1) is 0 Å². The third-order valence-corrected chi connectivity index (χ3v) is 4.88. The second-order valence-electron chi connectivity index (χ2n) is 6.97. The van der Waals surface area contributed by atoms with Crippen molar-refractivity contribution in [2.45, 2.75) is 13.0 Å². The van der Waals surface area contributed by atoms with Gasteiger partial charge >= 0.3 is 5.97 Å². The molecule has 1 unspecified atom stereocenters. The summed E-state index contributed by atoms with van der Waals surface area (Å²) in [4.78, 5) is 16.9. The largest absolute Gasteiger partial charge is 0.465 e. The summed E-state index contributed by atoms with van der Waals surface area (Å²) in [5, 5.41) is 3.43. The fourth-order valence-corrected chi connectivity index (χ4v) is 3.49. The second-order valence-corrected chi connectivity index (χ2v) is 6.97. The van der Waals surface area contributed by atoms with E-state index >= 15 is 0 Å². The zero-order chi connectivity index (χ0) is 19.2. The van der Waals surface area contributed by atoms with E-state index in [4.69, 9.17) is 10.5 Å². The number of nitrogen functional groups attached to an aromatic ring is 1. The van der Waals surface area contributed by atoms with Gasteiger partial charge in [0.2, 0.25) is 0 Å². The van der Waals surface area contributed by atoms with Crippen LogP contribution in [0, 0.1) is 0 Å². The van der Waals surface area contributed by atoms with Crippen LogP contribution in [0.4, 0.5) is 17.1 Å². The van der Waals surface area contributed by atoms with E-state index in [0.717, 1.165) is 38.4 Å². The second kappa shape index (κ2) is 8.77. The van der Waals surface area contributed by atoms with Gasteiger partial charge in [-0.05, 0) is 37.3 Å². The number of hydrogen-bond donors (Lipinski definition) is 2. The molecule has 6 heteroatoms. The van der Waals surface area contributed by atoms with E-state index in [-0.39, 0.29) is 12.0 Å². The summed E-state index contributed by atoms with van der Waals surface area (Å²) < 4.78 is 4.87. The average molecular weight is 368 g/mol. The Morgan fingerprint density at radius 3 is 2.52 bits per heavy atom. The molecular weight excluding hydrogens is 340 g/mol. The molecule has 0 bridgehead atoms. The molecule has 1 aliphatic heterocycles. The standard InChI is InChI=1S/C21H28N4O2/c1-16(23-20-9-8-17(22)14-19(20)21(26)27-2)15-24-10-12-25(13-11-24)18-6-4-3-5-7-18/h3-9,14,16,23H,10-13,15,22H2,1-2H3. The van der Waals surface area contributed by atoms with Gasteiger partial charge in [0.05, 0.1) is 12.7 Å². The number of carbonyl (C=O) groups is 1. The Hall–Kier alpha value is -2.73. The van der Waals surface area contributed by atoms with Gasteiger partial charge in [-0.2, -0.15) is 0 Å². The van der Waals surface area contributed by atoms with Crippen LogP contribution in [0.5, 0.6) is 0 Å². The summed E-state index contributed by atoms with van der Waals surface area (Å²) in [7, 11) is 1.38.